The van der Waals surface area contributed by atoms with Crippen molar-refractivity contribution < 1.29 is 14.5 Å². The van der Waals surface area contributed by atoms with Crippen LogP contribution in [0.4, 0.5) is 11.4 Å². The van der Waals surface area contributed by atoms with Crippen LogP contribution in [0.25, 0.3) is 0 Å². The molecule has 0 aromatic heterocycles. The summed E-state index contributed by atoms with van der Waals surface area (Å²) in [6, 6.07) is 4.14. The van der Waals surface area contributed by atoms with Crippen molar-refractivity contribution >= 4 is 17.3 Å². The molecule has 0 atom stereocenters. The summed E-state index contributed by atoms with van der Waals surface area (Å²) in [6.45, 7) is 6.35. The normalized spacial score (nSPS) is 11.2. The van der Waals surface area contributed by atoms with Crippen molar-refractivity contribution in [3.8, 4) is 0 Å². The van der Waals surface area contributed by atoms with Crippen LogP contribution in [0, 0.1) is 10.1 Å². The van der Waals surface area contributed by atoms with Gasteiger partial charge >= 0.3 is 0 Å². The molecule has 0 saturated heterocycles. The minimum atomic E-state index is -0.615. The zero-order valence-electron chi connectivity index (χ0n) is 11.8. The molecule has 0 heterocycles. The largest absolute Gasteiger partial charge is 0.393 e. The molecule has 0 bridgehead atoms. The van der Waals surface area contributed by atoms with E-state index in [1.165, 1.54) is 18.2 Å². The molecule has 3 N–H and O–H groups in total. The van der Waals surface area contributed by atoms with Crippen LogP contribution in [0.3, 0.4) is 0 Å². The summed E-state index contributed by atoms with van der Waals surface area (Å²) in [4.78, 5) is 22.2. The maximum Gasteiger partial charge on any atom is 0.292 e. The second kappa shape index (κ2) is 6.33. The number of para-hydroxylation sites is 1. The molecule has 0 spiro atoms. The first-order valence-corrected chi connectivity index (χ1v) is 6.23. The number of carbonyl (C=O) groups is 1. The average molecular weight is 281 g/mol. The highest BCUT2D eigenvalue weighted by molar-refractivity contribution is 6.01. The molecular weight excluding hydrogens is 262 g/mol. The highest BCUT2D eigenvalue weighted by Crippen LogP contribution is 2.24. The van der Waals surface area contributed by atoms with E-state index in [1.807, 2.05) is 20.8 Å². The van der Waals surface area contributed by atoms with Gasteiger partial charge in [-0.3, -0.25) is 14.9 Å². The third kappa shape index (κ3) is 3.92. The summed E-state index contributed by atoms with van der Waals surface area (Å²) >= 11 is 0. The van der Waals surface area contributed by atoms with Crippen LogP contribution in [0.2, 0.25) is 0 Å². The molecule has 20 heavy (non-hydrogen) atoms. The summed E-state index contributed by atoms with van der Waals surface area (Å²) < 4.78 is 5.45. The molecule has 1 amide bonds. The van der Waals surface area contributed by atoms with Crippen LogP contribution in [-0.2, 0) is 4.74 Å². The molecule has 0 aliphatic carbocycles. The Morgan fingerprint density at radius 3 is 2.70 bits per heavy atom. The van der Waals surface area contributed by atoms with E-state index < -0.39 is 16.4 Å². The number of ether oxygens (including phenoxy) is 1. The van der Waals surface area contributed by atoms with Crippen molar-refractivity contribution in [2.75, 3.05) is 18.9 Å². The highest BCUT2D eigenvalue weighted by atomic mass is 16.6. The second-order valence-electron chi connectivity index (χ2n) is 4.87. The summed E-state index contributed by atoms with van der Waals surface area (Å²) in [5.74, 6) is -0.459. The van der Waals surface area contributed by atoms with Gasteiger partial charge in [0.1, 0.15) is 5.69 Å². The Hall–Kier alpha value is -2.15. The Bertz CT molecular complexity index is 514. The van der Waals surface area contributed by atoms with E-state index >= 15 is 0 Å². The maximum absolute atomic E-state index is 12.0. The Balaban J connectivity index is 2.84. The molecule has 1 aromatic carbocycles. The van der Waals surface area contributed by atoms with Crippen molar-refractivity contribution in [1.82, 2.24) is 5.32 Å². The van der Waals surface area contributed by atoms with E-state index in [2.05, 4.69) is 5.32 Å². The maximum atomic E-state index is 12.0. The summed E-state index contributed by atoms with van der Waals surface area (Å²) in [6.07, 6.45) is 0. The quantitative estimate of drug-likeness (QED) is 0.469. The van der Waals surface area contributed by atoms with Crippen molar-refractivity contribution in [2.45, 2.75) is 26.4 Å². The second-order valence-corrected chi connectivity index (χ2v) is 4.87. The number of nitrogen functional groups attached to an aromatic ring is 1. The molecule has 0 aliphatic rings. The molecule has 0 saturated carbocycles. The summed E-state index contributed by atoms with van der Waals surface area (Å²) in [5, 5.41) is 13.4. The molecule has 7 nitrogen and oxygen atoms in total. The Labute approximate surface area is 117 Å². The Morgan fingerprint density at radius 1 is 1.50 bits per heavy atom. The molecule has 7 heteroatoms. The lowest BCUT2D eigenvalue weighted by molar-refractivity contribution is -0.383. The van der Waals surface area contributed by atoms with Gasteiger partial charge in [0.25, 0.3) is 11.6 Å². The van der Waals surface area contributed by atoms with Gasteiger partial charge in [0.15, 0.2) is 0 Å². The third-order valence-electron chi connectivity index (χ3n) is 2.73. The number of nitro groups is 1. The van der Waals surface area contributed by atoms with Crippen molar-refractivity contribution in [2.24, 2.45) is 0 Å². The number of anilines is 1. The number of carbonyl (C=O) groups excluding carboxylic acids is 1. The predicted molar refractivity (Wildman–Crippen MR) is 75.5 cm³/mol. The number of nitrogens with one attached hydrogen (secondary N) is 1. The summed E-state index contributed by atoms with van der Waals surface area (Å²) in [7, 11) is 0. The van der Waals surface area contributed by atoms with E-state index in [-0.39, 0.29) is 23.5 Å². The van der Waals surface area contributed by atoms with Gasteiger partial charge in [-0.1, -0.05) is 6.07 Å². The molecule has 0 aliphatic heterocycles. The van der Waals surface area contributed by atoms with Crippen molar-refractivity contribution in [1.29, 1.82) is 0 Å². The van der Waals surface area contributed by atoms with Gasteiger partial charge in [-0.25, -0.2) is 0 Å². The van der Waals surface area contributed by atoms with Gasteiger partial charge in [-0.2, -0.15) is 0 Å². The van der Waals surface area contributed by atoms with Gasteiger partial charge in [0.05, 0.1) is 16.1 Å². The van der Waals surface area contributed by atoms with Crippen molar-refractivity contribution in [3.05, 3.63) is 33.9 Å². The van der Waals surface area contributed by atoms with Crippen molar-refractivity contribution in [3.63, 3.8) is 0 Å². The monoisotopic (exact) mass is 281 g/mol. The van der Waals surface area contributed by atoms with Gasteiger partial charge in [-0.15, -0.1) is 0 Å². The third-order valence-corrected chi connectivity index (χ3v) is 2.73. The van der Waals surface area contributed by atoms with Crippen LogP contribution in [-0.4, -0.2) is 29.6 Å². The number of amides is 1. The number of hydrogen-bond acceptors (Lipinski definition) is 5. The van der Waals surface area contributed by atoms with E-state index in [0.717, 1.165) is 0 Å². The molecule has 1 rings (SSSR count). The number of rotatable bonds is 6. The minimum absolute atomic E-state index is 0.0894. The number of nitro benzene ring substituents is 1. The van der Waals surface area contributed by atoms with E-state index in [1.54, 1.807) is 0 Å². The van der Waals surface area contributed by atoms with Crippen LogP contribution in [0.5, 0.6) is 0 Å². The molecule has 0 fully saturated rings. The van der Waals surface area contributed by atoms with E-state index in [0.29, 0.717) is 6.61 Å². The average Bonchev–Trinajstić information content (AvgIpc) is 2.36. The lowest BCUT2D eigenvalue weighted by atomic mass is 10.1. The molecule has 0 unspecified atom stereocenters. The molecular formula is C13H19N3O4. The first-order chi connectivity index (χ1) is 9.28. The standard InChI is InChI=1S/C13H19N3O4/c1-4-20-13(2,3)8-15-12(17)9-6-5-7-10(11(9)14)16(18)19/h5-7H,4,8,14H2,1-3H3,(H,15,17). The van der Waals surface area contributed by atoms with Gasteiger partial charge in [0.2, 0.25) is 0 Å². The van der Waals surface area contributed by atoms with E-state index in [4.69, 9.17) is 10.5 Å². The fourth-order valence-corrected chi connectivity index (χ4v) is 1.74. The molecule has 0 radical (unpaired) electrons. The topological polar surface area (TPSA) is 107 Å². The first kappa shape index (κ1) is 15.9. The zero-order valence-corrected chi connectivity index (χ0v) is 11.8. The molecule has 110 valence electrons. The smallest absolute Gasteiger partial charge is 0.292 e. The Kier molecular flexibility index (Phi) is 5.04. The van der Waals surface area contributed by atoms with Gasteiger partial charge in [0, 0.05) is 19.2 Å². The van der Waals surface area contributed by atoms with E-state index in [9.17, 15) is 14.9 Å². The fraction of sp³-hybridized carbons (Fsp3) is 0.462. The number of nitrogens with two attached hydrogens (primary N) is 1. The van der Waals surface area contributed by atoms with Crippen LogP contribution in [0.1, 0.15) is 31.1 Å². The minimum Gasteiger partial charge on any atom is -0.393 e. The highest BCUT2D eigenvalue weighted by Gasteiger charge is 2.22. The zero-order chi connectivity index (χ0) is 15.3. The van der Waals surface area contributed by atoms with Crippen LogP contribution in [0.15, 0.2) is 18.2 Å². The first-order valence-electron chi connectivity index (χ1n) is 6.23. The number of hydrogen-bond donors (Lipinski definition) is 2. The van der Waals surface area contributed by atoms with Crippen LogP contribution >= 0.6 is 0 Å². The lowest BCUT2D eigenvalue weighted by Gasteiger charge is -2.24. The SMILES string of the molecule is CCOC(C)(C)CNC(=O)c1cccc([N+](=O)[O-])c1N. The number of nitrogens with zero attached hydrogens (tertiary/aromatic N) is 1. The van der Waals surface area contributed by atoms with Gasteiger partial charge in [-0.05, 0) is 26.8 Å². The molecule has 1 aromatic rings. The number of benzene rings is 1. The predicted octanol–water partition coefficient (Wildman–Crippen LogP) is 1.72. The summed E-state index contributed by atoms with van der Waals surface area (Å²) in [5.41, 5.74) is 4.81. The fourth-order valence-electron chi connectivity index (χ4n) is 1.74. The Morgan fingerprint density at radius 2 is 2.15 bits per heavy atom. The van der Waals surface area contributed by atoms with Gasteiger partial charge < -0.3 is 15.8 Å². The van der Waals surface area contributed by atoms with Crippen LogP contribution < -0.4 is 11.1 Å². The lowest BCUT2D eigenvalue weighted by Crippen LogP contribution is -2.40.